The molecule has 0 heterocycles. The molecule has 1 atom stereocenters. The maximum absolute atomic E-state index is 11.5. The number of unbranched alkanes of at least 4 members (excludes halogenated alkanes) is 4. The molecule has 0 bridgehead atoms. The van der Waals surface area contributed by atoms with Crippen molar-refractivity contribution < 1.29 is 14.6 Å². The normalized spacial score (nSPS) is 16.0. The standard InChI is InChI=1S/C24H36O3/c1-3-4-5-6-7-9-20-11-13-23-17-21(12-14-22(23)16-20)10-8-15-27-24(26)19(2)18-25/h12,14,17,20,25H,2-11,13,15-16,18H2,1H3. The molecule has 1 N–H and O–H groups in total. The summed E-state index contributed by atoms with van der Waals surface area (Å²) in [5.41, 5.74) is 4.49. The van der Waals surface area contributed by atoms with Gasteiger partial charge in [-0.3, -0.25) is 0 Å². The number of benzene rings is 1. The van der Waals surface area contributed by atoms with E-state index in [1.807, 2.05) is 0 Å². The van der Waals surface area contributed by atoms with Crippen LogP contribution >= 0.6 is 0 Å². The van der Waals surface area contributed by atoms with Gasteiger partial charge in [-0.05, 0) is 54.7 Å². The van der Waals surface area contributed by atoms with Gasteiger partial charge in [0.25, 0.3) is 0 Å². The minimum Gasteiger partial charge on any atom is -0.462 e. The molecule has 0 saturated heterocycles. The SMILES string of the molecule is C=C(CO)C(=O)OCCCc1ccc2c(c1)CCC(CCCCCCC)C2. The van der Waals surface area contributed by atoms with E-state index in [4.69, 9.17) is 9.84 Å². The highest BCUT2D eigenvalue weighted by atomic mass is 16.5. The molecule has 27 heavy (non-hydrogen) atoms. The van der Waals surface area contributed by atoms with Crippen LogP contribution in [0.2, 0.25) is 0 Å². The highest BCUT2D eigenvalue weighted by Gasteiger charge is 2.18. The number of esters is 1. The first-order valence-corrected chi connectivity index (χ1v) is 10.7. The van der Waals surface area contributed by atoms with Crippen LogP contribution in [0, 0.1) is 5.92 Å². The summed E-state index contributed by atoms with van der Waals surface area (Å²) in [7, 11) is 0. The zero-order valence-corrected chi connectivity index (χ0v) is 17.0. The monoisotopic (exact) mass is 372 g/mol. The fraction of sp³-hybridized carbons (Fsp3) is 0.625. The lowest BCUT2D eigenvalue weighted by Crippen LogP contribution is -2.15. The summed E-state index contributed by atoms with van der Waals surface area (Å²) < 4.78 is 5.11. The second-order valence-electron chi connectivity index (χ2n) is 7.92. The van der Waals surface area contributed by atoms with Crippen molar-refractivity contribution in [2.45, 2.75) is 77.6 Å². The van der Waals surface area contributed by atoms with Crippen LogP contribution in [0.4, 0.5) is 0 Å². The molecule has 0 radical (unpaired) electrons. The Morgan fingerprint density at radius 2 is 2.00 bits per heavy atom. The molecule has 2 rings (SSSR count). The lowest BCUT2D eigenvalue weighted by atomic mass is 9.80. The molecule has 150 valence electrons. The molecule has 3 heteroatoms. The molecular weight excluding hydrogens is 336 g/mol. The van der Waals surface area contributed by atoms with Crippen LogP contribution in [0.3, 0.4) is 0 Å². The molecule has 1 aliphatic carbocycles. The topological polar surface area (TPSA) is 46.5 Å². The molecular formula is C24H36O3. The Hall–Kier alpha value is -1.61. The molecule has 0 aromatic heterocycles. The Kier molecular flexibility index (Phi) is 9.61. The van der Waals surface area contributed by atoms with Gasteiger partial charge < -0.3 is 9.84 Å². The Morgan fingerprint density at radius 3 is 2.78 bits per heavy atom. The number of fused-ring (bicyclic) bond motifs is 1. The van der Waals surface area contributed by atoms with Crippen LogP contribution in [-0.2, 0) is 28.8 Å². The molecule has 0 aliphatic heterocycles. The second kappa shape index (κ2) is 12.0. The van der Waals surface area contributed by atoms with E-state index in [9.17, 15) is 4.79 Å². The van der Waals surface area contributed by atoms with Gasteiger partial charge in [-0.15, -0.1) is 0 Å². The van der Waals surface area contributed by atoms with Gasteiger partial charge in [0.2, 0.25) is 0 Å². The number of hydrogen-bond donors (Lipinski definition) is 1. The quantitative estimate of drug-likeness (QED) is 0.312. The third kappa shape index (κ3) is 7.50. The zero-order chi connectivity index (χ0) is 19.5. The largest absolute Gasteiger partial charge is 0.462 e. The number of carbonyl (C=O) groups excluding carboxylic acids is 1. The van der Waals surface area contributed by atoms with Gasteiger partial charge in [-0.1, -0.05) is 70.2 Å². The number of aliphatic hydroxyl groups excluding tert-OH is 1. The highest BCUT2D eigenvalue weighted by molar-refractivity contribution is 5.87. The Balaban J connectivity index is 1.71. The maximum Gasteiger partial charge on any atom is 0.335 e. The van der Waals surface area contributed by atoms with Crippen LogP contribution in [0.1, 0.15) is 75.0 Å². The molecule has 1 aromatic carbocycles. The molecule has 1 aromatic rings. The smallest absolute Gasteiger partial charge is 0.335 e. The lowest BCUT2D eigenvalue weighted by Gasteiger charge is -2.25. The minimum absolute atomic E-state index is 0.115. The van der Waals surface area contributed by atoms with Gasteiger partial charge in [0.05, 0.1) is 18.8 Å². The number of hydrogen-bond acceptors (Lipinski definition) is 3. The fourth-order valence-electron chi connectivity index (χ4n) is 3.93. The number of rotatable bonds is 12. The van der Waals surface area contributed by atoms with Gasteiger partial charge in [0, 0.05) is 0 Å². The predicted octanol–water partition coefficient (Wildman–Crippen LogP) is 5.18. The fourth-order valence-corrected chi connectivity index (χ4v) is 3.93. The van der Waals surface area contributed by atoms with Gasteiger partial charge in [-0.2, -0.15) is 0 Å². The van der Waals surface area contributed by atoms with E-state index in [1.54, 1.807) is 0 Å². The number of carbonyl (C=O) groups is 1. The number of aryl methyl sites for hydroxylation is 2. The predicted molar refractivity (Wildman–Crippen MR) is 111 cm³/mol. The van der Waals surface area contributed by atoms with Crippen molar-refractivity contribution in [1.82, 2.24) is 0 Å². The van der Waals surface area contributed by atoms with Gasteiger partial charge in [0.1, 0.15) is 0 Å². The van der Waals surface area contributed by atoms with Crippen LogP contribution in [0.15, 0.2) is 30.4 Å². The first kappa shape index (κ1) is 21.7. The van der Waals surface area contributed by atoms with E-state index in [0.717, 1.165) is 18.8 Å². The zero-order valence-electron chi connectivity index (χ0n) is 17.0. The first-order valence-electron chi connectivity index (χ1n) is 10.7. The Bertz CT molecular complexity index is 606. The Morgan fingerprint density at radius 1 is 1.19 bits per heavy atom. The number of ether oxygens (including phenoxy) is 1. The summed E-state index contributed by atoms with van der Waals surface area (Å²) >= 11 is 0. The van der Waals surface area contributed by atoms with Crippen molar-refractivity contribution >= 4 is 5.97 Å². The van der Waals surface area contributed by atoms with Crippen molar-refractivity contribution in [3.8, 4) is 0 Å². The minimum atomic E-state index is -0.497. The van der Waals surface area contributed by atoms with Crippen LogP contribution in [-0.4, -0.2) is 24.3 Å². The van der Waals surface area contributed by atoms with Crippen LogP contribution < -0.4 is 0 Å². The summed E-state index contributed by atoms with van der Waals surface area (Å²) in [4.78, 5) is 11.5. The molecule has 0 saturated carbocycles. The summed E-state index contributed by atoms with van der Waals surface area (Å²) in [5.74, 6) is 0.368. The number of aliphatic hydroxyl groups is 1. The molecule has 0 amide bonds. The summed E-state index contributed by atoms with van der Waals surface area (Å²) in [5, 5.41) is 8.85. The maximum atomic E-state index is 11.5. The summed E-state index contributed by atoms with van der Waals surface area (Å²) in [6.07, 6.45) is 13.7. The lowest BCUT2D eigenvalue weighted by molar-refractivity contribution is -0.139. The van der Waals surface area contributed by atoms with Crippen molar-refractivity contribution in [1.29, 1.82) is 0 Å². The molecule has 0 spiro atoms. The average Bonchev–Trinajstić information content (AvgIpc) is 2.70. The molecule has 3 nitrogen and oxygen atoms in total. The van der Waals surface area contributed by atoms with E-state index >= 15 is 0 Å². The van der Waals surface area contributed by atoms with E-state index in [2.05, 4.69) is 31.7 Å². The molecule has 1 aliphatic rings. The average molecular weight is 373 g/mol. The second-order valence-corrected chi connectivity index (χ2v) is 7.92. The molecule has 1 unspecified atom stereocenters. The third-order valence-electron chi connectivity index (χ3n) is 5.64. The highest BCUT2D eigenvalue weighted by Crippen LogP contribution is 2.30. The van der Waals surface area contributed by atoms with E-state index in [-0.39, 0.29) is 12.2 Å². The van der Waals surface area contributed by atoms with Crippen molar-refractivity contribution in [2.24, 2.45) is 5.92 Å². The summed E-state index contributed by atoms with van der Waals surface area (Å²) in [6.45, 7) is 5.77. The van der Waals surface area contributed by atoms with E-state index in [0.29, 0.717) is 6.61 Å². The van der Waals surface area contributed by atoms with Crippen molar-refractivity contribution in [3.63, 3.8) is 0 Å². The van der Waals surface area contributed by atoms with E-state index in [1.165, 1.54) is 74.5 Å². The third-order valence-corrected chi connectivity index (χ3v) is 5.64. The van der Waals surface area contributed by atoms with Gasteiger partial charge >= 0.3 is 5.97 Å². The van der Waals surface area contributed by atoms with Crippen molar-refractivity contribution in [3.05, 3.63) is 47.0 Å². The first-order chi connectivity index (χ1) is 13.1. The van der Waals surface area contributed by atoms with E-state index < -0.39 is 5.97 Å². The Labute approximate surface area is 164 Å². The van der Waals surface area contributed by atoms with Gasteiger partial charge in [-0.25, -0.2) is 4.79 Å². The van der Waals surface area contributed by atoms with Crippen LogP contribution in [0.5, 0.6) is 0 Å². The van der Waals surface area contributed by atoms with Gasteiger partial charge in [0.15, 0.2) is 0 Å². The van der Waals surface area contributed by atoms with Crippen LogP contribution in [0.25, 0.3) is 0 Å². The molecule has 0 fully saturated rings. The summed E-state index contributed by atoms with van der Waals surface area (Å²) in [6, 6.07) is 6.89. The van der Waals surface area contributed by atoms with Crippen molar-refractivity contribution in [2.75, 3.05) is 13.2 Å².